The van der Waals surface area contributed by atoms with E-state index in [0.717, 1.165) is 22.4 Å². The summed E-state index contributed by atoms with van der Waals surface area (Å²) in [5.41, 5.74) is 7.49. The minimum absolute atomic E-state index is 0.167. The first kappa shape index (κ1) is 19.8. The van der Waals surface area contributed by atoms with Crippen molar-refractivity contribution in [1.82, 2.24) is 0 Å². The molecule has 1 atom stereocenters. The largest absolute Gasteiger partial charge is 0.491 e. The Morgan fingerprint density at radius 2 is 1.90 bits per heavy atom. The van der Waals surface area contributed by atoms with E-state index < -0.39 is 11.1 Å². The van der Waals surface area contributed by atoms with Crippen LogP contribution < -0.4 is 15.2 Å². The lowest BCUT2D eigenvalue weighted by Gasteiger charge is -2.34. The molecule has 5 rings (SSSR count). The monoisotopic (exact) mass is 418 g/mol. The molecule has 160 valence electrons. The fourth-order valence-electron chi connectivity index (χ4n) is 3.73. The number of benzene rings is 2. The first-order valence-electron chi connectivity index (χ1n) is 10.5. The fourth-order valence-corrected chi connectivity index (χ4v) is 3.73. The van der Waals surface area contributed by atoms with Crippen molar-refractivity contribution in [3.63, 3.8) is 0 Å². The van der Waals surface area contributed by atoms with Gasteiger partial charge >= 0.3 is 0 Å². The number of nitrogens with two attached hydrogens (primary N) is 1. The Labute approximate surface area is 182 Å². The van der Waals surface area contributed by atoms with E-state index in [1.165, 1.54) is 12.8 Å². The van der Waals surface area contributed by atoms with Gasteiger partial charge in [0, 0.05) is 29.7 Å². The van der Waals surface area contributed by atoms with Gasteiger partial charge in [0.15, 0.2) is 5.54 Å². The van der Waals surface area contributed by atoms with E-state index in [2.05, 4.69) is 11.8 Å². The van der Waals surface area contributed by atoms with E-state index in [1.54, 1.807) is 7.11 Å². The molecule has 0 radical (unpaired) electrons. The van der Waals surface area contributed by atoms with Crippen LogP contribution in [0.1, 0.15) is 43.4 Å². The molecule has 2 aliphatic heterocycles. The van der Waals surface area contributed by atoms with Gasteiger partial charge in [0.05, 0.1) is 5.60 Å². The van der Waals surface area contributed by atoms with Crippen LogP contribution in [0.4, 0.5) is 0 Å². The van der Waals surface area contributed by atoms with Gasteiger partial charge in [-0.1, -0.05) is 11.8 Å². The van der Waals surface area contributed by atoms with Gasteiger partial charge in [0.1, 0.15) is 30.5 Å². The highest BCUT2D eigenvalue weighted by Crippen LogP contribution is 2.51. The summed E-state index contributed by atoms with van der Waals surface area (Å²) in [6, 6.07) is 11.9. The molecule has 6 nitrogen and oxygen atoms in total. The van der Waals surface area contributed by atoms with Crippen molar-refractivity contribution in [1.29, 1.82) is 0 Å². The van der Waals surface area contributed by atoms with Crippen molar-refractivity contribution in [3.8, 4) is 29.1 Å². The van der Waals surface area contributed by atoms with Crippen LogP contribution in [0.3, 0.4) is 0 Å². The lowest BCUT2D eigenvalue weighted by atomic mass is 9.80. The minimum atomic E-state index is -0.791. The van der Waals surface area contributed by atoms with Crippen LogP contribution in [-0.4, -0.2) is 31.9 Å². The van der Waals surface area contributed by atoms with Crippen LogP contribution >= 0.6 is 0 Å². The van der Waals surface area contributed by atoms with Gasteiger partial charge in [-0.25, -0.2) is 4.99 Å². The SMILES string of the molecule is COC(C)(C)COc1ccc2c(c1)[C@]1(COC(N)=N1)c1cc(C#CC3CC3)ccc1O2. The zero-order valence-electron chi connectivity index (χ0n) is 18.0. The van der Waals surface area contributed by atoms with E-state index in [9.17, 15) is 0 Å². The number of ether oxygens (including phenoxy) is 4. The number of hydrogen-bond donors (Lipinski definition) is 1. The highest BCUT2D eigenvalue weighted by molar-refractivity contribution is 5.77. The molecule has 1 saturated carbocycles. The summed E-state index contributed by atoms with van der Waals surface area (Å²) < 4.78 is 23.4. The molecule has 0 unspecified atom stereocenters. The van der Waals surface area contributed by atoms with Crippen LogP contribution in [0.15, 0.2) is 41.4 Å². The normalized spacial score (nSPS) is 21.2. The number of nitrogens with zero attached hydrogens (tertiary/aromatic N) is 1. The Morgan fingerprint density at radius 1 is 1.16 bits per heavy atom. The van der Waals surface area contributed by atoms with E-state index in [0.29, 0.717) is 30.6 Å². The standard InChI is InChI=1S/C25H26N2O4/c1-24(2,28-3)14-29-18-9-11-22-20(13-18)25(15-30-23(26)27-25)19-12-17(7-6-16-4-5-16)8-10-21(19)31-22/h8-13,16H,4-5,14-15H2,1-3H3,(H2,26,27)/t25-/m0/s1. The van der Waals surface area contributed by atoms with Crippen LogP contribution in [0.5, 0.6) is 17.2 Å². The van der Waals surface area contributed by atoms with Gasteiger partial charge in [0.2, 0.25) is 0 Å². The van der Waals surface area contributed by atoms with E-state index in [-0.39, 0.29) is 6.02 Å². The molecule has 0 aromatic heterocycles. The summed E-state index contributed by atoms with van der Waals surface area (Å²) >= 11 is 0. The van der Waals surface area contributed by atoms with Crippen molar-refractivity contribution < 1.29 is 18.9 Å². The molecule has 0 bridgehead atoms. The Balaban J connectivity index is 1.56. The van der Waals surface area contributed by atoms with Crippen molar-refractivity contribution in [2.24, 2.45) is 16.6 Å². The molecule has 1 fully saturated rings. The molecule has 2 N–H and O–H groups in total. The summed E-state index contributed by atoms with van der Waals surface area (Å²) in [5.74, 6) is 9.29. The van der Waals surface area contributed by atoms with Gasteiger partial charge < -0.3 is 24.7 Å². The quantitative estimate of drug-likeness (QED) is 0.761. The van der Waals surface area contributed by atoms with Gasteiger partial charge in [-0.2, -0.15) is 0 Å². The lowest BCUT2D eigenvalue weighted by molar-refractivity contribution is -0.0147. The average Bonchev–Trinajstić information content (AvgIpc) is 3.52. The van der Waals surface area contributed by atoms with Gasteiger partial charge in [0.25, 0.3) is 6.02 Å². The number of amidine groups is 1. The van der Waals surface area contributed by atoms with Crippen LogP contribution in [0.2, 0.25) is 0 Å². The van der Waals surface area contributed by atoms with Crippen molar-refractivity contribution in [2.45, 2.75) is 37.8 Å². The molecule has 1 spiro atoms. The highest BCUT2D eigenvalue weighted by atomic mass is 16.5. The van der Waals surface area contributed by atoms with Crippen LogP contribution in [0, 0.1) is 17.8 Å². The first-order chi connectivity index (χ1) is 14.9. The van der Waals surface area contributed by atoms with E-state index >= 15 is 0 Å². The maximum Gasteiger partial charge on any atom is 0.283 e. The van der Waals surface area contributed by atoms with Crippen molar-refractivity contribution in [2.75, 3.05) is 20.3 Å². The molecule has 0 amide bonds. The molecule has 2 aromatic carbocycles. The van der Waals surface area contributed by atoms with E-state index in [1.807, 2.05) is 50.2 Å². The summed E-state index contributed by atoms with van der Waals surface area (Å²) in [6.45, 7) is 4.67. The number of hydrogen-bond acceptors (Lipinski definition) is 6. The van der Waals surface area contributed by atoms with Gasteiger partial charge in [-0.3, -0.25) is 0 Å². The summed E-state index contributed by atoms with van der Waals surface area (Å²) in [7, 11) is 1.67. The Morgan fingerprint density at radius 3 is 2.58 bits per heavy atom. The van der Waals surface area contributed by atoms with Crippen LogP contribution in [0.25, 0.3) is 0 Å². The fraction of sp³-hybridized carbons (Fsp3) is 0.400. The smallest absolute Gasteiger partial charge is 0.283 e. The maximum absolute atomic E-state index is 6.22. The molecule has 3 aliphatic rings. The summed E-state index contributed by atoms with van der Waals surface area (Å²) in [6.07, 6.45) is 2.38. The van der Waals surface area contributed by atoms with Crippen LogP contribution in [-0.2, 0) is 15.0 Å². The second kappa shape index (κ2) is 7.21. The third kappa shape index (κ3) is 3.70. The number of aliphatic imine (C=N–C) groups is 1. The third-order valence-electron chi connectivity index (χ3n) is 5.91. The van der Waals surface area contributed by atoms with Gasteiger partial charge in [-0.05, 0) is 63.1 Å². The van der Waals surface area contributed by atoms with E-state index in [4.69, 9.17) is 29.7 Å². The molecular formula is C25H26N2O4. The zero-order chi connectivity index (χ0) is 21.6. The molecule has 2 aromatic rings. The summed E-state index contributed by atoms with van der Waals surface area (Å²) in [4.78, 5) is 4.74. The second-order valence-corrected chi connectivity index (χ2v) is 8.87. The minimum Gasteiger partial charge on any atom is -0.491 e. The van der Waals surface area contributed by atoms with Crippen molar-refractivity contribution in [3.05, 3.63) is 53.1 Å². The number of fused-ring (bicyclic) bond motifs is 4. The highest BCUT2D eigenvalue weighted by Gasteiger charge is 2.47. The molecule has 1 aliphatic carbocycles. The molecule has 31 heavy (non-hydrogen) atoms. The Hall–Kier alpha value is -3.17. The Kier molecular flexibility index (Phi) is 4.60. The molecule has 2 heterocycles. The zero-order valence-corrected chi connectivity index (χ0v) is 18.0. The first-order valence-corrected chi connectivity index (χ1v) is 10.5. The molecule has 6 heteroatoms. The Bertz CT molecular complexity index is 1120. The second-order valence-electron chi connectivity index (χ2n) is 8.87. The lowest BCUT2D eigenvalue weighted by Crippen LogP contribution is -2.32. The maximum atomic E-state index is 6.22. The van der Waals surface area contributed by atoms with Gasteiger partial charge in [-0.15, -0.1) is 0 Å². The predicted octanol–water partition coefficient (Wildman–Crippen LogP) is 3.95. The number of rotatable bonds is 4. The molecule has 0 saturated heterocycles. The molecular weight excluding hydrogens is 392 g/mol. The average molecular weight is 418 g/mol. The third-order valence-corrected chi connectivity index (χ3v) is 5.91. The predicted molar refractivity (Wildman–Crippen MR) is 117 cm³/mol. The topological polar surface area (TPSA) is 75.3 Å². The number of methoxy groups -OCH3 is 1. The summed E-state index contributed by atoms with van der Waals surface area (Å²) in [5, 5.41) is 0. The van der Waals surface area contributed by atoms with Crippen molar-refractivity contribution >= 4 is 6.02 Å².